The average Bonchev–Trinajstić information content (AvgIpc) is 2.69. The molecule has 0 atom stereocenters. The van der Waals surface area contributed by atoms with E-state index >= 15 is 0 Å². The number of ether oxygens (including phenoxy) is 1. The Balaban J connectivity index is 1.76. The molecule has 0 aliphatic heterocycles. The maximum atomic E-state index is 12.9. The molecular weight excluding hydrogens is 365 g/mol. The SMILES string of the molecule is CCOc1nc(NC(=O)NC(=O)c2ccc(F)cc2)nc(-c2ccccc2)n1. The van der Waals surface area contributed by atoms with Crippen LogP contribution in [0.15, 0.2) is 54.6 Å². The van der Waals surface area contributed by atoms with E-state index in [4.69, 9.17) is 4.74 Å². The molecule has 0 unspecified atom stereocenters. The van der Waals surface area contributed by atoms with Gasteiger partial charge in [-0.25, -0.2) is 9.18 Å². The number of imide groups is 1. The van der Waals surface area contributed by atoms with Crippen molar-refractivity contribution in [2.75, 3.05) is 11.9 Å². The summed E-state index contributed by atoms with van der Waals surface area (Å²) in [5.74, 6) is -0.955. The van der Waals surface area contributed by atoms with Crippen LogP contribution in [0.3, 0.4) is 0 Å². The van der Waals surface area contributed by atoms with Crippen molar-refractivity contribution >= 4 is 17.9 Å². The molecule has 0 aliphatic rings. The smallest absolute Gasteiger partial charge is 0.328 e. The zero-order valence-electron chi connectivity index (χ0n) is 14.8. The standard InChI is InChI=1S/C19H16FN5O3/c1-2-28-19-22-15(12-6-4-3-5-7-12)21-17(25-19)24-18(27)23-16(26)13-8-10-14(20)11-9-13/h3-11H,2H2,1H3,(H2,21,22,23,24,25,26,27). The number of nitrogens with one attached hydrogen (secondary N) is 2. The molecule has 0 bridgehead atoms. The lowest BCUT2D eigenvalue weighted by Crippen LogP contribution is -2.35. The Bertz CT molecular complexity index is 981. The molecule has 8 nitrogen and oxygen atoms in total. The molecule has 3 rings (SSSR count). The third-order valence-electron chi connectivity index (χ3n) is 3.48. The number of rotatable bonds is 5. The van der Waals surface area contributed by atoms with Crippen LogP contribution in [0.4, 0.5) is 15.1 Å². The molecule has 1 heterocycles. The topological polar surface area (TPSA) is 106 Å². The van der Waals surface area contributed by atoms with Gasteiger partial charge in [0, 0.05) is 11.1 Å². The van der Waals surface area contributed by atoms with Crippen molar-refractivity contribution in [3.63, 3.8) is 0 Å². The number of amides is 3. The second kappa shape index (κ2) is 8.67. The number of aromatic nitrogens is 3. The molecular formula is C19H16FN5O3. The number of carbonyl (C=O) groups excluding carboxylic acids is 2. The highest BCUT2D eigenvalue weighted by Crippen LogP contribution is 2.18. The van der Waals surface area contributed by atoms with Crippen molar-refractivity contribution in [2.45, 2.75) is 6.92 Å². The van der Waals surface area contributed by atoms with Crippen molar-refractivity contribution in [1.82, 2.24) is 20.3 Å². The summed E-state index contributed by atoms with van der Waals surface area (Å²) < 4.78 is 18.2. The Kier molecular flexibility index (Phi) is 5.85. The molecule has 0 aliphatic carbocycles. The summed E-state index contributed by atoms with van der Waals surface area (Å²) in [6, 6.07) is 13.1. The second-order valence-corrected chi connectivity index (χ2v) is 5.48. The van der Waals surface area contributed by atoms with Crippen LogP contribution >= 0.6 is 0 Å². The summed E-state index contributed by atoms with van der Waals surface area (Å²) in [6.45, 7) is 2.10. The lowest BCUT2D eigenvalue weighted by Gasteiger charge is -2.09. The van der Waals surface area contributed by atoms with Crippen LogP contribution in [0.5, 0.6) is 6.01 Å². The highest BCUT2D eigenvalue weighted by molar-refractivity contribution is 6.07. The normalized spacial score (nSPS) is 10.2. The van der Waals surface area contributed by atoms with Gasteiger partial charge in [0.2, 0.25) is 5.95 Å². The highest BCUT2D eigenvalue weighted by Gasteiger charge is 2.14. The number of anilines is 1. The van der Waals surface area contributed by atoms with Crippen LogP contribution < -0.4 is 15.4 Å². The van der Waals surface area contributed by atoms with Crippen LogP contribution in [-0.2, 0) is 0 Å². The number of benzene rings is 2. The first-order valence-corrected chi connectivity index (χ1v) is 8.37. The number of carbonyl (C=O) groups is 2. The van der Waals surface area contributed by atoms with Gasteiger partial charge in [-0.3, -0.25) is 15.4 Å². The summed E-state index contributed by atoms with van der Waals surface area (Å²) in [5.41, 5.74) is 0.837. The minimum Gasteiger partial charge on any atom is -0.464 e. The largest absolute Gasteiger partial charge is 0.464 e. The predicted molar refractivity (Wildman–Crippen MR) is 99.3 cm³/mol. The minimum absolute atomic E-state index is 0.0384. The zero-order chi connectivity index (χ0) is 19.9. The average molecular weight is 381 g/mol. The Labute approximate surface area is 159 Å². The van der Waals surface area contributed by atoms with Crippen molar-refractivity contribution in [1.29, 1.82) is 0 Å². The summed E-state index contributed by atoms with van der Waals surface area (Å²) in [4.78, 5) is 36.5. The number of nitrogens with zero attached hydrogens (tertiary/aromatic N) is 3. The van der Waals surface area contributed by atoms with E-state index in [2.05, 4.69) is 25.6 Å². The van der Waals surface area contributed by atoms with Gasteiger partial charge in [-0.15, -0.1) is 0 Å². The summed E-state index contributed by atoms with van der Waals surface area (Å²) in [6.07, 6.45) is 0. The van der Waals surface area contributed by atoms with E-state index in [1.54, 1.807) is 19.1 Å². The first-order valence-electron chi connectivity index (χ1n) is 8.37. The van der Waals surface area contributed by atoms with Crippen LogP contribution in [0.25, 0.3) is 11.4 Å². The summed E-state index contributed by atoms with van der Waals surface area (Å²) >= 11 is 0. The molecule has 2 N–H and O–H groups in total. The monoisotopic (exact) mass is 381 g/mol. The molecule has 28 heavy (non-hydrogen) atoms. The molecule has 0 saturated carbocycles. The molecule has 142 valence electrons. The van der Waals surface area contributed by atoms with Crippen molar-refractivity contribution < 1.29 is 18.7 Å². The number of urea groups is 1. The zero-order valence-corrected chi connectivity index (χ0v) is 14.8. The van der Waals surface area contributed by atoms with Gasteiger partial charge in [0.1, 0.15) is 5.82 Å². The molecule has 3 amide bonds. The van der Waals surface area contributed by atoms with Crippen molar-refractivity contribution in [3.05, 3.63) is 66.0 Å². The van der Waals surface area contributed by atoms with Gasteiger partial charge in [0.05, 0.1) is 6.61 Å². The number of hydrogen-bond acceptors (Lipinski definition) is 6. The third-order valence-corrected chi connectivity index (χ3v) is 3.48. The highest BCUT2D eigenvalue weighted by atomic mass is 19.1. The van der Waals surface area contributed by atoms with Crippen LogP contribution in [0.2, 0.25) is 0 Å². The second-order valence-electron chi connectivity index (χ2n) is 5.48. The maximum absolute atomic E-state index is 12.9. The van der Waals surface area contributed by atoms with E-state index in [1.807, 2.05) is 18.2 Å². The molecule has 0 radical (unpaired) electrons. The van der Waals surface area contributed by atoms with E-state index in [-0.39, 0.29) is 17.5 Å². The Morgan fingerprint density at radius 1 is 1.00 bits per heavy atom. The Morgan fingerprint density at radius 2 is 1.71 bits per heavy atom. The van der Waals surface area contributed by atoms with Gasteiger partial charge < -0.3 is 4.74 Å². The molecule has 9 heteroatoms. The van der Waals surface area contributed by atoms with Gasteiger partial charge in [-0.05, 0) is 31.2 Å². The lowest BCUT2D eigenvalue weighted by atomic mass is 10.2. The van der Waals surface area contributed by atoms with Crippen LogP contribution in [-0.4, -0.2) is 33.5 Å². The van der Waals surface area contributed by atoms with E-state index in [0.717, 1.165) is 12.1 Å². The summed E-state index contributed by atoms with van der Waals surface area (Å²) in [7, 11) is 0. The van der Waals surface area contributed by atoms with Crippen molar-refractivity contribution in [3.8, 4) is 17.4 Å². The molecule has 1 aromatic heterocycles. The van der Waals surface area contributed by atoms with E-state index in [9.17, 15) is 14.0 Å². The van der Waals surface area contributed by atoms with Gasteiger partial charge in [0.15, 0.2) is 5.82 Å². The number of hydrogen-bond donors (Lipinski definition) is 2. The molecule has 0 saturated heterocycles. The van der Waals surface area contributed by atoms with E-state index in [1.165, 1.54) is 12.1 Å². The van der Waals surface area contributed by atoms with Crippen LogP contribution in [0.1, 0.15) is 17.3 Å². The van der Waals surface area contributed by atoms with E-state index < -0.39 is 17.8 Å². The van der Waals surface area contributed by atoms with Crippen molar-refractivity contribution in [2.24, 2.45) is 0 Å². The van der Waals surface area contributed by atoms with Gasteiger partial charge >= 0.3 is 12.0 Å². The fraction of sp³-hybridized carbons (Fsp3) is 0.105. The molecule has 0 fully saturated rings. The third kappa shape index (κ3) is 4.85. The number of halogens is 1. The van der Waals surface area contributed by atoms with Crippen LogP contribution in [0, 0.1) is 5.82 Å². The fourth-order valence-electron chi connectivity index (χ4n) is 2.23. The first kappa shape index (κ1) is 18.9. The van der Waals surface area contributed by atoms with Gasteiger partial charge in [0.25, 0.3) is 5.91 Å². The van der Waals surface area contributed by atoms with Gasteiger partial charge in [-0.1, -0.05) is 30.3 Å². The molecule has 0 spiro atoms. The summed E-state index contributed by atoms with van der Waals surface area (Å²) in [5, 5.41) is 4.50. The Hall–Kier alpha value is -3.88. The molecule has 3 aromatic rings. The fourth-order valence-corrected chi connectivity index (χ4v) is 2.23. The lowest BCUT2D eigenvalue weighted by molar-refractivity contribution is 0.0967. The minimum atomic E-state index is -0.845. The first-order chi connectivity index (χ1) is 13.5. The Morgan fingerprint density at radius 3 is 2.39 bits per heavy atom. The maximum Gasteiger partial charge on any atom is 0.328 e. The molecule has 2 aromatic carbocycles. The quantitative estimate of drug-likeness (QED) is 0.704. The predicted octanol–water partition coefficient (Wildman–Crippen LogP) is 3.04. The van der Waals surface area contributed by atoms with E-state index in [0.29, 0.717) is 18.0 Å². The van der Waals surface area contributed by atoms with Gasteiger partial charge in [-0.2, -0.15) is 15.0 Å².